The summed E-state index contributed by atoms with van der Waals surface area (Å²) >= 11 is 0. The Bertz CT molecular complexity index is 1220. The molecule has 0 saturated carbocycles. The van der Waals surface area contributed by atoms with E-state index >= 15 is 0 Å². The molecule has 0 amide bonds. The van der Waals surface area contributed by atoms with E-state index in [-0.39, 0.29) is 23.6 Å². The van der Waals surface area contributed by atoms with Crippen LogP contribution in [0.1, 0.15) is 18.2 Å². The van der Waals surface area contributed by atoms with Crippen LogP contribution in [0.3, 0.4) is 0 Å². The average Bonchev–Trinajstić information content (AvgIpc) is 3.09. The number of carbonyl (C=O) groups is 1. The van der Waals surface area contributed by atoms with Gasteiger partial charge in [0.05, 0.1) is 17.1 Å². The number of ether oxygens (including phenoxy) is 1. The first kappa shape index (κ1) is 22.5. The van der Waals surface area contributed by atoms with Crippen LogP contribution >= 0.6 is 0 Å². The molecule has 0 spiro atoms. The van der Waals surface area contributed by atoms with Gasteiger partial charge in [0, 0.05) is 29.7 Å². The van der Waals surface area contributed by atoms with E-state index in [4.69, 9.17) is 4.74 Å². The van der Waals surface area contributed by atoms with Crippen molar-refractivity contribution in [2.24, 2.45) is 0 Å². The predicted octanol–water partition coefficient (Wildman–Crippen LogP) is 4.06. The van der Waals surface area contributed by atoms with E-state index in [0.717, 1.165) is 22.2 Å². The summed E-state index contributed by atoms with van der Waals surface area (Å²) in [4.78, 5) is 12.7. The fourth-order valence-electron chi connectivity index (χ4n) is 3.24. The normalized spacial score (nSPS) is 12.1. The van der Waals surface area contributed by atoms with Crippen LogP contribution < -0.4 is 4.72 Å². The summed E-state index contributed by atoms with van der Waals surface area (Å²) in [5.41, 5.74) is 2.93. The lowest BCUT2D eigenvalue weighted by molar-refractivity contribution is -0.138. The maximum atomic E-state index is 12.7. The highest BCUT2D eigenvalue weighted by Crippen LogP contribution is 2.22. The molecule has 7 heteroatoms. The molecule has 3 rings (SSSR count). The highest BCUT2D eigenvalue weighted by molar-refractivity contribution is 7.89. The topological polar surface area (TPSA) is 77.4 Å². The minimum atomic E-state index is -3.78. The van der Waals surface area contributed by atoms with Crippen molar-refractivity contribution in [3.05, 3.63) is 84.1 Å². The highest BCUT2D eigenvalue weighted by Gasteiger charge is 2.19. The second kappa shape index (κ2) is 9.76. The summed E-state index contributed by atoms with van der Waals surface area (Å²) in [6, 6.07) is 16.3. The van der Waals surface area contributed by atoms with Crippen LogP contribution in [0.4, 0.5) is 0 Å². The van der Waals surface area contributed by atoms with Crippen molar-refractivity contribution in [3.63, 3.8) is 0 Å². The molecule has 0 aliphatic carbocycles. The van der Waals surface area contributed by atoms with E-state index in [9.17, 15) is 13.2 Å². The van der Waals surface area contributed by atoms with Crippen molar-refractivity contribution in [2.75, 3.05) is 13.2 Å². The fraction of sp³-hybridized carbons (Fsp3) is 0.208. The smallest absolute Gasteiger partial charge is 0.335 e. The molecule has 0 fully saturated rings. The molecule has 0 atom stereocenters. The molecule has 162 valence electrons. The second-order valence-electron chi connectivity index (χ2n) is 7.05. The molecule has 0 radical (unpaired) electrons. The third kappa shape index (κ3) is 5.31. The average molecular weight is 439 g/mol. The number of carbonyl (C=O) groups excluding carboxylic acids is 1. The number of aryl methyl sites for hydroxylation is 1. The van der Waals surface area contributed by atoms with E-state index in [1.807, 2.05) is 41.8 Å². The number of allylic oxidation sites excluding steroid dienone is 1. The van der Waals surface area contributed by atoms with Crippen LogP contribution in [0.2, 0.25) is 0 Å². The molecule has 6 nitrogen and oxygen atoms in total. The monoisotopic (exact) mass is 438 g/mol. The molecular weight excluding hydrogens is 412 g/mol. The van der Waals surface area contributed by atoms with E-state index in [0.29, 0.717) is 6.54 Å². The Morgan fingerprint density at radius 1 is 1.16 bits per heavy atom. The third-order valence-electron chi connectivity index (χ3n) is 4.80. The second-order valence-corrected chi connectivity index (χ2v) is 8.82. The summed E-state index contributed by atoms with van der Waals surface area (Å²) in [5.74, 6) is -0.565. The minimum Gasteiger partial charge on any atom is -0.463 e. The van der Waals surface area contributed by atoms with Crippen LogP contribution in [0, 0.1) is 6.92 Å². The van der Waals surface area contributed by atoms with Gasteiger partial charge in [-0.1, -0.05) is 42.0 Å². The van der Waals surface area contributed by atoms with Crippen molar-refractivity contribution in [3.8, 4) is 0 Å². The van der Waals surface area contributed by atoms with Gasteiger partial charge in [0.1, 0.15) is 0 Å². The molecular formula is C24H26N2O4S. The first-order chi connectivity index (χ1) is 14.9. The SMILES string of the molecule is C=CCn1c(/C=C(\CNS(=O)(=O)c2ccc(C)cc2)C(=O)OCC)cc2ccccc21. The molecule has 3 aromatic rings. The Hall–Kier alpha value is -3.16. The number of rotatable bonds is 9. The molecule has 1 aromatic heterocycles. The van der Waals surface area contributed by atoms with Crippen LogP contribution in [-0.4, -0.2) is 32.1 Å². The van der Waals surface area contributed by atoms with E-state index in [1.54, 1.807) is 31.2 Å². The number of hydrogen-bond donors (Lipinski definition) is 1. The van der Waals surface area contributed by atoms with Gasteiger partial charge in [-0.15, -0.1) is 6.58 Å². The summed E-state index contributed by atoms with van der Waals surface area (Å²) < 4.78 is 35.1. The first-order valence-corrected chi connectivity index (χ1v) is 11.5. The number of para-hydroxylation sites is 1. The van der Waals surface area contributed by atoms with Crippen LogP contribution in [0.5, 0.6) is 0 Å². The Morgan fingerprint density at radius 3 is 2.55 bits per heavy atom. The number of aromatic nitrogens is 1. The molecule has 0 bridgehead atoms. The van der Waals surface area contributed by atoms with E-state index in [1.165, 1.54) is 12.1 Å². The number of esters is 1. The Morgan fingerprint density at radius 2 is 1.87 bits per heavy atom. The molecule has 0 saturated heterocycles. The Balaban J connectivity index is 1.96. The highest BCUT2D eigenvalue weighted by atomic mass is 32.2. The van der Waals surface area contributed by atoms with Gasteiger partial charge in [0.2, 0.25) is 10.0 Å². The van der Waals surface area contributed by atoms with Gasteiger partial charge in [0.15, 0.2) is 0 Å². The van der Waals surface area contributed by atoms with Crippen LogP contribution in [0.25, 0.3) is 17.0 Å². The first-order valence-electron chi connectivity index (χ1n) is 9.99. The van der Waals surface area contributed by atoms with E-state index < -0.39 is 16.0 Å². The molecule has 0 aliphatic heterocycles. The van der Waals surface area contributed by atoms with Crippen molar-refractivity contribution in [2.45, 2.75) is 25.3 Å². The number of hydrogen-bond acceptors (Lipinski definition) is 4. The van der Waals surface area contributed by atoms with Crippen LogP contribution in [-0.2, 0) is 26.1 Å². The minimum absolute atomic E-state index is 0.141. The van der Waals surface area contributed by atoms with Crippen LogP contribution in [0.15, 0.2) is 77.7 Å². The molecule has 2 aromatic carbocycles. The van der Waals surface area contributed by atoms with Gasteiger partial charge in [-0.2, -0.15) is 0 Å². The lowest BCUT2D eigenvalue weighted by atomic mass is 10.2. The third-order valence-corrected chi connectivity index (χ3v) is 6.22. The van der Waals surface area contributed by atoms with E-state index in [2.05, 4.69) is 11.3 Å². The molecule has 0 aliphatic rings. The van der Waals surface area contributed by atoms with Gasteiger partial charge in [0.25, 0.3) is 0 Å². The summed E-state index contributed by atoms with van der Waals surface area (Å²) in [6.07, 6.45) is 3.44. The standard InChI is InChI=1S/C24H26N2O4S/c1-4-14-26-21(15-19-8-6-7-9-23(19)26)16-20(24(27)30-5-2)17-25-31(28,29)22-12-10-18(3)11-13-22/h4,6-13,15-16,25H,1,5,14,17H2,2-3H3/b20-16+. The fourth-order valence-corrected chi connectivity index (χ4v) is 4.25. The zero-order valence-electron chi connectivity index (χ0n) is 17.7. The lowest BCUT2D eigenvalue weighted by Gasteiger charge is -2.11. The molecule has 1 N–H and O–H groups in total. The Kier molecular flexibility index (Phi) is 7.09. The van der Waals surface area contributed by atoms with Gasteiger partial charge >= 0.3 is 5.97 Å². The number of nitrogens with one attached hydrogen (secondary N) is 1. The van der Waals surface area contributed by atoms with Gasteiger partial charge in [-0.3, -0.25) is 0 Å². The lowest BCUT2D eigenvalue weighted by Crippen LogP contribution is -2.28. The predicted molar refractivity (Wildman–Crippen MR) is 123 cm³/mol. The molecule has 1 heterocycles. The van der Waals surface area contributed by atoms with Gasteiger partial charge in [-0.25, -0.2) is 17.9 Å². The molecule has 0 unspecified atom stereocenters. The Labute approximate surface area is 182 Å². The quantitative estimate of drug-likeness (QED) is 0.310. The summed E-state index contributed by atoms with van der Waals surface area (Å²) in [5, 5.41) is 1.01. The number of fused-ring (bicyclic) bond motifs is 1. The van der Waals surface area contributed by atoms with Crippen molar-refractivity contribution in [1.29, 1.82) is 0 Å². The zero-order chi connectivity index (χ0) is 22.4. The molecule has 31 heavy (non-hydrogen) atoms. The van der Waals surface area contributed by atoms with Crippen molar-refractivity contribution >= 4 is 33.0 Å². The maximum absolute atomic E-state index is 12.7. The number of sulfonamides is 1. The maximum Gasteiger partial charge on any atom is 0.335 e. The van der Waals surface area contributed by atoms with Gasteiger partial charge in [-0.05, 0) is 44.2 Å². The largest absolute Gasteiger partial charge is 0.463 e. The zero-order valence-corrected chi connectivity index (χ0v) is 18.5. The van der Waals surface area contributed by atoms with Gasteiger partial charge < -0.3 is 9.30 Å². The summed E-state index contributed by atoms with van der Waals surface area (Å²) in [6.45, 7) is 7.95. The van der Waals surface area contributed by atoms with Crippen molar-refractivity contribution in [1.82, 2.24) is 9.29 Å². The summed E-state index contributed by atoms with van der Waals surface area (Å²) in [7, 11) is -3.78. The number of benzene rings is 2. The number of nitrogens with zero attached hydrogens (tertiary/aromatic N) is 1. The van der Waals surface area contributed by atoms with Crippen molar-refractivity contribution < 1.29 is 17.9 Å².